The van der Waals surface area contributed by atoms with E-state index in [2.05, 4.69) is 0 Å². The molecule has 2 aliphatic heterocycles. The molecule has 2 saturated heterocycles. The first-order valence-electron chi connectivity index (χ1n) is 7.58. The maximum atomic E-state index is 12.9. The summed E-state index contributed by atoms with van der Waals surface area (Å²) in [7, 11) is 0. The molecule has 24 heavy (non-hydrogen) atoms. The second kappa shape index (κ2) is 5.95. The van der Waals surface area contributed by atoms with Crippen molar-refractivity contribution in [2.24, 2.45) is 11.8 Å². The summed E-state index contributed by atoms with van der Waals surface area (Å²) >= 11 is 5.59. The van der Waals surface area contributed by atoms with Crippen LogP contribution in [0.3, 0.4) is 0 Å². The lowest BCUT2D eigenvalue weighted by Gasteiger charge is -2.21. The SMILES string of the molecule is CC(=O)N1CC2CN(C(=O)c3ccc(Cl)c(C(F)(F)F)c3)CC2C1. The Bertz CT molecular complexity index is 678. The Hall–Kier alpha value is -1.76. The number of carbonyl (C=O) groups excluding carboxylic acids is 2. The van der Waals surface area contributed by atoms with E-state index < -0.39 is 22.7 Å². The topological polar surface area (TPSA) is 40.6 Å². The summed E-state index contributed by atoms with van der Waals surface area (Å²) in [5, 5.41) is -0.422. The Morgan fingerprint density at radius 2 is 1.62 bits per heavy atom. The monoisotopic (exact) mass is 360 g/mol. The van der Waals surface area contributed by atoms with Crippen molar-refractivity contribution >= 4 is 23.4 Å². The number of hydrogen-bond donors (Lipinski definition) is 0. The predicted octanol–water partition coefficient (Wildman–Crippen LogP) is 2.91. The molecule has 0 N–H and O–H groups in total. The van der Waals surface area contributed by atoms with E-state index >= 15 is 0 Å². The molecule has 1 aromatic carbocycles. The van der Waals surface area contributed by atoms with E-state index in [4.69, 9.17) is 11.6 Å². The summed E-state index contributed by atoms with van der Waals surface area (Å²) in [6, 6.07) is 3.22. The number of halogens is 4. The van der Waals surface area contributed by atoms with E-state index in [1.807, 2.05) is 0 Å². The maximum Gasteiger partial charge on any atom is 0.417 e. The molecule has 0 radical (unpaired) electrons. The Labute approximate surface area is 142 Å². The number of rotatable bonds is 1. The molecule has 130 valence electrons. The number of nitrogens with zero attached hydrogens (tertiary/aromatic N) is 2. The number of carbonyl (C=O) groups is 2. The normalized spacial score (nSPS) is 23.5. The van der Waals surface area contributed by atoms with Crippen molar-refractivity contribution in [3.63, 3.8) is 0 Å². The molecule has 0 aliphatic carbocycles. The van der Waals surface area contributed by atoms with E-state index in [0.29, 0.717) is 26.2 Å². The fraction of sp³-hybridized carbons (Fsp3) is 0.500. The highest BCUT2D eigenvalue weighted by molar-refractivity contribution is 6.31. The van der Waals surface area contributed by atoms with Crippen molar-refractivity contribution in [2.75, 3.05) is 26.2 Å². The first kappa shape index (κ1) is 17.1. The Balaban J connectivity index is 1.74. The minimum Gasteiger partial charge on any atom is -0.342 e. The van der Waals surface area contributed by atoms with Gasteiger partial charge in [-0.05, 0) is 18.2 Å². The van der Waals surface area contributed by atoms with Gasteiger partial charge in [0.15, 0.2) is 0 Å². The van der Waals surface area contributed by atoms with Gasteiger partial charge in [0.05, 0.1) is 10.6 Å². The van der Waals surface area contributed by atoms with Gasteiger partial charge in [0.2, 0.25) is 5.91 Å². The van der Waals surface area contributed by atoms with Crippen molar-refractivity contribution in [1.29, 1.82) is 0 Å². The first-order valence-corrected chi connectivity index (χ1v) is 7.96. The smallest absolute Gasteiger partial charge is 0.342 e. The Morgan fingerprint density at radius 1 is 1.08 bits per heavy atom. The lowest BCUT2D eigenvalue weighted by molar-refractivity contribution is -0.137. The van der Waals surface area contributed by atoms with E-state index in [0.717, 1.165) is 12.1 Å². The van der Waals surface area contributed by atoms with Crippen molar-refractivity contribution in [1.82, 2.24) is 9.80 Å². The summed E-state index contributed by atoms with van der Waals surface area (Å²) in [4.78, 5) is 27.2. The molecule has 2 unspecified atom stereocenters. The third-order valence-electron chi connectivity index (χ3n) is 4.74. The van der Waals surface area contributed by atoms with Crippen LogP contribution in [0.15, 0.2) is 18.2 Å². The van der Waals surface area contributed by atoms with Crippen LogP contribution in [0.2, 0.25) is 5.02 Å². The van der Waals surface area contributed by atoms with Gasteiger partial charge in [-0.2, -0.15) is 13.2 Å². The summed E-state index contributed by atoms with van der Waals surface area (Å²) in [5.74, 6) is -0.0461. The lowest BCUT2D eigenvalue weighted by atomic mass is 10.0. The standard InChI is InChI=1S/C16H16ClF3N2O2/c1-9(23)21-5-11-7-22(8-12(11)6-21)15(24)10-2-3-14(17)13(4-10)16(18,19)20/h2-4,11-12H,5-8H2,1H3. The minimum atomic E-state index is -4.60. The second-order valence-corrected chi connectivity index (χ2v) is 6.75. The van der Waals surface area contributed by atoms with Crippen molar-refractivity contribution < 1.29 is 22.8 Å². The summed E-state index contributed by atoms with van der Waals surface area (Å²) in [6.07, 6.45) is -4.60. The quantitative estimate of drug-likeness (QED) is 0.772. The fourth-order valence-corrected chi connectivity index (χ4v) is 3.70. The molecule has 2 amide bonds. The summed E-state index contributed by atoms with van der Waals surface area (Å²) < 4.78 is 38.8. The highest BCUT2D eigenvalue weighted by Gasteiger charge is 2.42. The molecule has 4 nitrogen and oxygen atoms in total. The van der Waals surface area contributed by atoms with Crippen molar-refractivity contribution in [3.8, 4) is 0 Å². The number of alkyl halides is 3. The zero-order chi connectivity index (χ0) is 17.6. The van der Waals surface area contributed by atoms with Gasteiger partial charge in [-0.1, -0.05) is 11.6 Å². The molecule has 0 saturated carbocycles. The minimum absolute atomic E-state index is 0.00907. The highest BCUT2D eigenvalue weighted by atomic mass is 35.5. The van der Waals surface area contributed by atoms with Crippen LogP contribution in [0.5, 0.6) is 0 Å². The van der Waals surface area contributed by atoms with Gasteiger partial charge in [-0.3, -0.25) is 9.59 Å². The molecular weight excluding hydrogens is 345 g/mol. The first-order chi connectivity index (χ1) is 11.2. The molecular formula is C16H16ClF3N2O2. The molecule has 0 spiro atoms. The van der Waals surface area contributed by atoms with Crippen LogP contribution in [0, 0.1) is 11.8 Å². The Kier molecular flexibility index (Phi) is 4.23. The van der Waals surface area contributed by atoms with Gasteiger partial charge in [0, 0.05) is 50.5 Å². The van der Waals surface area contributed by atoms with Gasteiger partial charge < -0.3 is 9.80 Å². The average Bonchev–Trinajstić information content (AvgIpc) is 3.04. The third-order valence-corrected chi connectivity index (χ3v) is 5.07. The van der Waals surface area contributed by atoms with Crippen LogP contribution < -0.4 is 0 Å². The molecule has 3 rings (SSSR count). The largest absolute Gasteiger partial charge is 0.417 e. The molecule has 2 fully saturated rings. The van der Waals surface area contributed by atoms with Gasteiger partial charge in [-0.15, -0.1) is 0 Å². The van der Waals surface area contributed by atoms with E-state index in [1.165, 1.54) is 13.0 Å². The number of fused-ring (bicyclic) bond motifs is 1. The number of benzene rings is 1. The van der Waals surface area contributed by atoms with Crippen LogP contribution in [0.4, 0.5) is 13.2 Å². The molecule has 1 aromatic rings. The van der Waals surface area contributed by atoms with Gasteiger partial charge in [0.25, 0.3) is 5.91 Å². The maximum absolute atomic E-state index is 12.9. The highest BCUT2D eigenvalue weighted by Crippen LogP contribution is 2.36. The molecule has 8 heteroatoms. The van der Waals surface area contributed by atoms with Crippen LogP contribution in [-0.2, 0) is 11.0 Å². The van der Waals surface area contributed by atoms with Gasteiger partial charge in [-0.25, -0.2) is 0 Å². The molecule has 0 aromatic heterocycles. The third kappa shape index (κ3) is 3.09. The number of hydrogen-bond acceptors (Lipinski definition) is 2. The zero-order valence-corrected chi connectivity index (χ0v) is 13.7. The van der Waals surface area contributed by atoms with Crippen LogP contribution in [0.25, 0.3) is 0 Å². The number of amides is 2. The van der Waals surface area contributed by atoms with Crippen LogP contribution in [-0.4, -0.2) is 47.8 Å². The fourth-order valence-electron chi connectivity index (χ4n) is 3.47. The summed E-state index contributed by atoms with van der Waals surface area (Å²) in [5.41, 5.74) is -1.02. The summed E-state index contributed by atoms with van der Waals surface area (Å²) in [6.45, 7) is 3.61. The molecule has 2 atom stereocenters. The number of likely N-dealkylation sites (tertiary alicyclic amines) is 2. The van der Waals surface area contributed by atoms with Crippen molar-refractivity contribution in [3.05, 3.63) is 34.3 Å². The van der Waals surface area contributed by atoms with Crippen LogP contribution in [0.1, 0.15) is 22.8 Å². The van der Waals surface area contributed by atoms with Gasteiger partial charge in [0.1, 0.15) is 0 Å². The van der Waals surface area contributed by atoms with E-state index in [-0.39, 0.29) is 23.3 Å². The predicted molar refractivity (Wildman–Crippen MR) is 81.6 cm³/mol. The van der Waals surface area contributed by atoms with E-state index in [1.54, 1.807) is 9.80 Å². The average molecular weight is 361 g/mol. The molecule has 2 aliphatic rings. The van der Waals surface area contributed by atoms with Crippen LogP contribution >= 0.6 is 11.6 Å². The van der Waals surface area contributed by atoms with Crippen molar-refractivity contribution in [2.45, 2.75) is 13.1 Å². The van der Waals surface area contributed by atoms with Gasteiger partial charge >= 0.3 is 6.18 Å². The lowest BCUT2D eigenvalue weighted by Crippen LogP contribution is -2.34. The zero-order valence-electron chi connectivity index (χ0n) is 12.9. The van der Waals surface area contributed by atoms with E-state index in [9.17, 15) is 22.8 Å². The molecule has 0 bridgehead atoms. The molecule has 2 heterocycles. The Morgan fingerprint density at radius 3 is 2.12 bits per heavy atom. The second-order valence-electron chi connectivity index (χ2n) is 6.35.